The highest BCUT2D eigenvalue weighted by Crippen LogP contribution is 2.37. The second-order valence-electron chi connectivity index (χ2n) is 8.86. The number of fused-ring (bicyclic) bond motifs is 1. The Labute approximate surface area is 226 Å². The van der Waals surface area contributed by atoms with Gasteiger partial charge in [-0.2, -0.15) is 18.3 Å². The molecule has 1 aliphatic rings. The van der Waals surface area contributed by atoms with Gasteiger partial charge >= 0.3 is 6.18 Å². The zero-order valence-electron chi connectivity index (χ0n) is 21.5. The fourth-order valence-electron chi connectivity index (χ4n) is 4.18. The number of amides is 1. The van der Waals surface area contributed by atoms with E-state index in [1.807, 2.05) is 0 Å². The van der Waals surface area contributed by atoms with Crippen molar-refractivity contribution in [1.29, 1.82) is 0 Å². The predicted octanol–water partition coefficient (Wildman–Crippen LogP) is 5.40. The largest absolute Gasteiger partial charge is 0.493 e. The van der Waals surface area contributed by atoms with Gasteiger partial charge in [-0.25, -0.2) is 0 Å². The molecule has 0 spiro atoms. The van der Waals surface area contributed by atoms with E-state index in [9.17, 15) is 18.0 Å². The van der Waals surface area contributed by atoms with Gasteiger partial charge in [-0.1, -0.05) is 0 Å². The average molecular weight is 559 g/mol. The van der Waals surface area contributed by atoms with Crippen LogP contribution in [0.25, 0.3) is 10.9 Å². The van der Waals surface area contributed by atoms with Gasteiger partial charge in [0.05, 0.1) is 38.6 Å². The van der Waals surface area contributed by atoms with Crippen molar-refractivity contribution >= 4 is 22.5 Å². The van der Waals surface area contributed by atoms with Crippen LogP contribution in [0.5, 0.6) is 28.7 Å². The summed E-state index contributed by atoms with van der Waals surface area (Å²) in [6, 6.07) is 11.5. The van der Waals surface area contributed by atoms with Crippen molar-refractivity contribution in [1.82, 2.24) is 14.8 Å². The van der Waals surface area contributed by atoms with E-state index < -0.39 is 18.7 Å². The van der Waals surface area contributed by atoms with Crippen LogP contribution in [0.2, 0.25) is 0 Å². The van der Waals surface area contributed by atoms with Gasteiger partial charge in [0.25, 0.3) is 5.91 Å². The van der Waals surface area contributed by atoms with Gasteiger partial charge in [-0.15, -0.1) is 0 Å². The number of hydrogen-bond donors (Lipinski definition) is 1. The molecule has 1 N–H and O–H groups in total. The average Bonchev–Trinajstić information content (AvgIpc) is 3.62. The molecule has 13 heteroatoms. The van der Waals surface area contributed by atoms with Crippen LogP contribution in [0.4, 0.5) is 18.9 Å². The summed E-state index contributed by atoms with van der Waals surface area (Å²) in [6.45, 7) is -0.708. The topological polar surface area (TPSA) is 106 Å². The molecule has 210 valence electrons. The molecule has 1 saturated heterocycles. The maximum absolute atomic E-state index is 13.0. The third kappa shape index (κ3) is 6.04. The van der Waals surface area contributed by atoms with Crippen LogP contribution in [0.1, 0.15) is 23.0 Å². The van der Waals surface area contributed by atoms with E-state index in [1.54, 1.807) is 48.7 Å². The van der Waals surface area contributed by atoms with Crippen molar-refractivity contribution in [3.8, 4) is 28.7 Å². The number of benzene rings is 2. The fourth-order valence-corrected chi connectivity index (χ4v) is 4.18. The van der Waals surface area contributed by atoms with E-state index in [-0.39, 0.29) is 17.5 Å². The van der Waals surface area contributed by atoms with Gasteiger partial charge in [-0.3, -0.25) is 14.5 Å². The Balaban J connectivity index is 1.32. The van der Waals surface area contributed by atoms with Crippen molar-refractivity contribution < 1.29 is 41.7 Å². The minimum atomic E-state index is -4.57. The molecule has 4 aromatic rings. The summed E-state index contributed by atoms with van der Waals surface area (Å²) in [7, 11) is 3.07. The van der Waals surface area contributed by atoms with Crippen LogP contribution in [-0.2, 0) is 4.74 Å². The first-order chi connectivity index (χ1) is 19.2. The highest BCUT2D eigenvalue weighted by Gasteiger charge is 2.31. The molecule has 0 bridgehead atoms. The lowest BCUT2D eigenvalue weighted by Crippen LogP contribution is -2.21. The number of carbonyl (C=O) groups is 1. The summed E-state index contributed by atoms with van der Waals surface area (Å²) in [6.07, 6.45) is -1.05. The first-order valence-corrected chi connectivity index (χ1v) is 12.2. The summed E-state index contributed by atoms with van der Waals surface area (Å²) in [4.78, 5) is 17.3. The third-order valence-corrected chi connectivity index (χ3v) is 6.13. The smallest absolute Gasteiger partial charge is 0.422 e. The molecule has 1 atom stereocenters. The van der Waals surface area contributed by atoms with Gasteiger partial charge in [0.2, 0.25) is 0 Å². The van der Waals surface area contributed by atoms with Crippen molar-refractivity contribution in [3.05, 3.63) is 60.6 Å². The summed E-state index contributed by atoms with van der Waals surface area (Å²) in [5.74, 6) is 1.07. The van der Waals surface area contributed by atoms with Gasteiger partial charge < -0.3 is 29.0 Å². The molecule has 0 radical (unpaired) electrons. The van der Waals surface area contributed by atoms with E-state index in [0.29, 0.717) is 59.2 Å². The zero-order chi connectivity index (χ0) is 28.3. The predicted molar refractivity (Wildman–Crippen MR) is 138 cm³/mol. The van der Waals surface area contributed by atoms with E-state index in [0.717, 1.165) is 0 Å². The van der Waals surface area contributed by atoms with Crippen LogP contribution in [0.3, 0.4) is 0 Å². The SMILES string of the molecule is COc1cc2nccc(Oc3ccc(NC(=O)c4nn(C5CCOC5)cc4OCC(F)(F)F)cc3)c2cc1OC. The number of halogens is 3. The van der Waals surface area contributed by atoms with Crippen LogP contribution in [0, 0.1) is 0 Å². The number of carbonyl (C=O) groups excluding carboxylic acids is 1. The number of alkyl halides is 3. The Morgan fingerprint density at radius 2 is 1.82 bits per heavy atom. The summed E-state index contributed by atoms with van der Waals surface area (Å²) < 4.78 is 66.7. The Bertz CT molecular complexity index is 1500. The lowest BCUT2D eigenvalue weighted by molar-refractivity contribution is -0.153. The number of methoxy groups -OCH3 is 2. The molecular formula is C27H25F3N4O6. The number of pyridine rings is 1. The number of nitrogens with zero attached hydrogens (tertiary/aromatic N) is 3. The summed E-state index contributed by atoms with van der Waals surface area (Å²) in [5, 5.41) is 7.55. The maximum Gasteiger partial charge on any atom is 0.422 e. The first kappa shape index (κ1) is 27.1. The molecule has 5 rings (SSSR count). The molecule has 40 heavy (non-hydrogen) atoms. The first-order valence-electron chi connectivity index (χ1n) is 12.2. The van der Waals surface area contributed by atoms with Gasteiger partial charge in [0.1, 0.15) is 11.5 Å². The monoisotopic (exact) mass is 558 g/mol. The fraction of sp³-hybridized carbons (Fsp3) is 0.296. The summed E-state index contributed by atoms with van der Waals surface area (Å²) in [5.41, 5.74) is 0.763. The Morgan fingerprint density at radius 3 is 2.50 bits per heavy atom. The number of rotatable bonds is 9. The highest BCUT2D eigenvalue weighted by atomic mass is 19.4. The molecule has 1 amide bonds. The van der Waals surface area contributed by atoms with E-state index in [4.69, 9.17) is 23.7 Å². The van der Waals surface area contributed by atoms with Crippen LogP contribution < -0.4 is 24.3 Å². The maximum atomic E-state index is 13.0. The number of ether oxygens (including phenoxy) is 5. The minimum Gasteiger partial charge on any atom is -0.493 e. The van der Waals surface area contributed by atoms with Crippen LogP contribution in [-0.4, -0.2) is 60.9 Å². The van der Waals surface area contributed by atoms with Crippen LogP contribution in [0.15, 0.2) is 54.9 Å². The molecule has 0 aliphatic carbocycles. The van der Waals surface area contributed by atoms with Crippen molar-refractivity contribution in [3.63, 3.8) is 0 Å². The Hall–Kier alpha value is -4.52. The van der Waals surface area contributed by atoms with Gasteiger partial charge in [-0.05, 0) is 42.8 Å². The highest BCUT2D eigenvalue weighted by molar-refractivity contribution is 6.04. The molecule has 3 heterocycles. The van der Waals surface area contributed by atoms with Gasteiger partial charge in [0.15, 0.2) is 29.5 Å². The quantitative estimate of drug-likeness (QED) is 0.291. The number of hydrogen-bond acceptors (Lipinski definition) is 8. The molecule has 2 aromatic heterocycles. The Kier molecular flexibility index (Phi) is 7.65. The van der Waals surface area contributed by atoms with Crippen LogP contribution >= 0.6 is 0 Å². The van der Waals surface area contributed by atoms with Crippen molar-refractivity contribution in [2.24, 2.45) is 0 Å². The second kappa shape index (κ2) is 11.3. The van der Waals surface area contributed by atoms with Gasteiger partial charge in [0, 0.05) is 29.9 Å². The molecule has 2 aromatic carbocycles. The Morgan fingerprint density at radius 1 is 1.07 bits per heavy atom. The molecule has 1 fully saturated rings. The van der Waals surface area contributed by atoms with Crippen molar-refractivity contribution in [2.45, 2.75) is 18.6 Å². The third-order valence-electron chi connectivity index (χ3n) is 6.13. The lowest BCUT2D eigenvalue weighted by Gasteiger charge is -2.13. The lowest BCUT2D eigenvalue weighted by atomic mass is 10.2. The standard InChI is InChI=1S/C27H25F3N4O6/c1-36-22-11-19-20(12-23(22)37-2)31-9-7-21(19)40-18-5-3-16(4-6-18)32-26(35)25-24(39-15-27(28,29)30)13-34(33-25)17-8-10-38-14-17/h3-7,9,11-13,17H,8,10,14-15H2,1-2H3,(H,32,35). The summed E-state index contributed by atoms with van der Waals surface area (Å²) >= 11 is 0. The number of nitrogens with one attached hydrogen (secondary N) is 1. The normalized spacial score (nSPS) is 15.2. The molecule has 1 unspecified atom stereocenters. The molecule has 0 saturated carbocycles. The van der Waals surface area contributed by atoms with E-state index >= 15 is 0 Å². The number of anilines is 1. The minimum absolute atomic E-state index is 0.198. The second-order valence-corrected chi connectivity index (χ2v) is 8.86. The van der Waals surface area contributed by atoms with E-state index in [1.165, 1.54) is 25.1 Å². The zero-order valence-corrected chi connectivity index (χ0v) is 21.5. The molecule has 1 aliphatic heterocycles. The molecule has 10 nitrogen and oxygen atoms in total. The molecular weight excluding hydrogens is 533 g/mol. The van der Waals surface area contributed by atoms with E-state index in [2.05, 4.69) is 15.4 Å². The van der Waals surface area contributed by atoms with Crippen molar-refractivity contribution in [2.75, 3.05) is 39.4 Å². The number of aromatic nitrogens is 3.